The number of alkyl halides is 3. The second-order valence-corrected chi connectivity index (χ2v) is 5.55. The molecule has 2 aromatic carbocycles. The highest BCUT2D eigenvalue weighted by Gasteiger charge is 2.32. The first-order valence-corrected chi connectivity index (χ1v) is 7.87. The highest BCUT2D eigenvalue weighted by atomic mass is 19.4. The molecule has 0 N–H and O–H groups in total. The molecule has 1 heterocycles. The van der Waals surface area contributed by atoms with Crippen LogP contribution in [0.4, 0.5) is 13.2 Å². The summed E-state index contributed by atoms with van der Waals surface area (Å²) >= 11 is 0. The first-order valence-electron chi connectivity index (χ1n) is 7.87. The van der Waals surface area contributed by atoms with E-state index >= 15 is 0 Å². The summed E-state index contributed by atoms with van der Waals surface area (Å²) in [5, 5.41) is 0. The van der Waals surface area contributed by atoms with E-state index in [1.54, 1.807) is 42.5 Å². The lowest BCUT2D eigenvalue weighted by atomic mass is 10.00. The number of ether oxygens (including phenoxy) is 2. The minimum atomic E-state index is -4.79. The molecule has 0 unspecified atom stereocenters. The van der Waals surface area contributed by atoms with Crippen molar-refractivity contribution in [2.75, 3.05) is 7.11 Å². The van der Waals surface area contributed by atoms with E-state index in [0.29, 0.717) is 27.9 Å². The van der Waals surface area contributed by atoms with Crippen LogP contribution in [0.25, 0.3) is 22.4 Å². The van der Waals surface area contributed by atoms with Gasteiger partial charge in [0.15, 0.2) is 0 Å². The normalized spacial score (nSPS) is 11.1. The van der Waals surface area contributed by atoms with Gasteiger partial charge in [-0.1, -0.05) is 36.4 Å². The van der Waals surface area contributed by atoms with Crippen LogP contribution in [0.1, 0.15) is 10.4 Å². The molecule has 0 saturated carbocycles. The van der Waals surface area contributed by atoms with Crippen LogP contribution in [0.15, 0.2) is 66.9 Å². The standard InChI is InChI=1S/C20H14F3NO3/c1-26-19(25)15-9-10-24-17(12-15)14-6-4-5-13(11-14)16-7-2-3-8-18(16)27-20(21,22)23/h2-12H,1H3. The Morgan fingerprint density at radius 3 is 2.44 bits per heavy atom. The van der Waals surface area contributed by atoms with Crippen LogP contribution in [-0.2, 0) is 4.74 Å². The zero-order valence-electron chi connectivity index (χ0n) is 14.2. The van der Waals surface area contributed by atoms with Crippen molar-refractivity contribution in [3.05, 3.63) is 72.4 Å². The van der Waals surface area contributed by atoms with Crippen LogP contribution < -0.4 is 4.74 Å². The van der Waals surface area contributed by atoms with Crippen molar-refractivity contribution in [3.63, 3.8) is 0 Å². The van der Waals surface area contributed by atoms with Gasteiger partial charge >= 0.3 is 12.3 Å². The van der Waals surface area contributed by atoms with E-state index in [1.807, 2.05) is 0 Å². The topological polar surface area (TPSA) is 48.4 Å². The summed E-state index contributed by atoms with van der Waals surface area (Å²) in [5.74, 6) is -0.794. The number of hydrogen-bond acceptors (Lipinski definition) is 4. The van der Waals surface area contributed by atoms with Gasteiger partial charge in [-0.15, -0.1) is 13.2 Å². The Bertz CT molecular complexity index is 970. The van der Waals surface area contributed by atoms with Crippen LogP contribution in [0.2, 0.25) is 0 Å². The molecule has 0 fully saturated rings. The molecule has 7 heteroatoms. The molecule has 0 aliphatic carbocycles. The van der Waals surface area contributed by atoms with Crippen LogP contribution in [-0.4, -0.2) is 24.4 Å². The average Bonchev–Trinajstić information content (AvgIpc) is 2.67. The summed E-state index contributed by atoms with van der Waals surface area (Å²) in [6, 6.07) is 15.8. The summed E-state index contributed by atoms with van der Waals surface area (Å²) in [5.41, 5.74) is 2.28. The molecule has 3 rings (SSSR count). The lowest BCUT2D eigenvalue weighted by Crippen LogP contribution is -2.17. The number of para-hydroxylation sites is 1. The molecule has 0 radical (unpaired) electrons. The van der Waals surface area contributed by atoms with Crippen molar-refractivity contribution in [2.45, 2.75) is 6.36 Å². The molecule has 0 aliphatic heterocycles. The van der Waals surface area contributed by atoms with Crippen molar-refractivity contribution < 1.29 is 27.4 Å². The molecular weight excluding hydrogens is 359 g/mol. The number of nitrogens with zero attached hydrogens (tertiary/aromatic N) is 1. The van der Waals surface area contributed by atoms with Crippen molar-refractivity contribution >= 4 is 5.97 Å². The SMILES string of the molecule is COC(=O)c1ccnc(-c2cccc(-c3ccccc3OC(F)(F)F)c2)c1. The maximum atomic E-state index is 12.7. The smallest absolute Gasteiger partial charge is 0.465 e. The van der Waals surface area contributed by atoms with Crippen molar-refractivity contribution in [1.82, 2.24) is 4.98 Å². The van der Waals surface area contributed by atoms with Gasteiger partial charge in [0.2, 0.25) is 0 Å². The molecule has 0 amide bonds. The summed E-state index contributed by atoms with van der Waals surface area (Å²) in [6.45, 7) is 0. The van der Waals surface area contributed by atoms with Crippen molar-refractivity contribution in [1.29, 1.82) is 0 Å². The molecule has 0 bridgehead atoms. The van der Waals surface area contributed by atoms with E-state index in [9.17, 15) is 18.0 Å². The largest absolute Gasteiger partial charge is 0.573 e. The molecule has 0 saturated heterocycles. The van der Waals surface area contributed by atoms with E-state index in [-0.39, 0.29) is 5.75 Å². The van der Waals surface area contributed by atoms with Crippen molar-refractivity contribution in [3.8, 4) is 28.1 Å². The molecule has 3 aromatic rings. The minimum Gasteiger partial charge on any atom is -0.465 e. The van der Waals surface area contributed by atoms with Gasteiger partial charge in [0, 0.05) is 17.3 Å². The molecule has 1 aromatic heterocycles. The third kappa shape index (κ3) is 4.44. The lowest BCUT2D eigenvalue weighted by Gasteiger charge is -2.14. The van der Waals surface area contributed by atoms with E-state index in [0.717, 1.165) is 0 Å². The maximum absolute atomic E-state index is 12.7. The van der Waals surface area contributed by atoms with Crippen LogP contribution in [0.5, 0.6) is 5.75 Å². The fourth-order valence-electron chi connectivity index (χ4n) is 2.60. The third-order valence-electron chi connectivity index (χ3n) is 3.76. The number of methoxy groups -OCH3 is 1. The number of carbonyl (C=O) groups is 1. The van der Waals surface area contributed by atoms with Crippen LogP contribution in [0, 0.1) is 0 Å². The zero-order valence-corrected chi connectivity index (χ0v) is 14.2. The summed E-state index contributed by atoms with van der Waals surface area (Å²) < 4.78 is 46.8. The number of esters is 1. The van der Waals surface area contributed by atoms with Gasteiger partial charge in [0.1, 0.15) is 5.75 Å². The fraction of sp³-hybridized carbons (Fsp3) is 0.100. The van der Waals surface area contributed by atoms with Gasteiger partial charge in [0.05, 0.1) is 18.4 Å². The van der Waals surface area contributed by atoms with E-state index in [2.05, 4.69) is 9.72 Å². The van der Waals surface area contributed by atoms with Gasteiger partial charge in [-0.3, -0.25) is 4.98 Å². The molecule has 0 spiro atoms. The minimum absolute atomic E-state index is 0.292. The molecule has 0 aliphatic rings. The molecule has 0 atom stereocenters. The van der Waals surface area contributed by atoms with E-state index < -0.39 is 12.3 Å². The molecule has 27 heavy (non-hydrogen) atoms. The first kappa shape index (κ1) is 18.4. The van der Waals surface area contributed by atoms with Gasteiger partial charge in [-0.05, 0) is 29.8 Å². The highest BCUT2D eigenvalue weighted by molar-refractivity contribution is 5.90. The second-order valence-electron chi connectivity index (χ2n) is 5.55. The fourth-order valence-corrected chi connectivity index (χ4v) is 2.60. The predicted molar refractivity (Wildman–Crippen MR) is 93.1 cm³/mol. The zero-order chi connectivity index (χ0) is 19.4. The van der Waals surface area contributed by atoms with Gasteiger partial charge in [0.25, 0.3) is 0 Å². The molecule has 138 valence electrons. The number of carbonyl (C=O) groups excluding carboxylic acids is 1. The Kier molecular flexibility index (Phi) is 5.12. The summed E-state index contributed by atoms with van der Waals surface area (Å²) in [7, 11) is 1.28. The number of aromatic nitrogens is 1. The third-order valence-corrected chi connectivity index (χ3v) is 3.76. The lowest BCUT2D eigenvalue weighted by molar-refractivity contribution is -0.274. The summed E-state index contributed by atoms with van der Waals surface area (Å²) in [6.07, 6.45) is -3.32. The highest BCUT2D eigenvalue weighted by Crippen LogP contribution is 2.35. The van der Waals surface area contributed by atoms with E-state index in [4.69, 9.17) is 4.74 Å². The number of hydrogen-bond donors (Lipinski definition) is 0. The Hall–Kier alpha value is -3.35. The quantitative estimate of drug-likeness (QED) is 0.597. The Morgan fingerprint density at radius 1 is 0.963 bits per heavy atom. The monoisotopic (exact) mass is 373 g/mol. The maximum Gasteiger partial charge on any atom is 0.573 e. The van der Waals surface area contributed by atoms with Crippen LogP contribution in [0.3, 0.4) is 0 Å². The molecular formula is C20H14F3NO3. The van der Waals surface area contributed by atoms with Gasteiger partial charge in [-0.25, -0.2) is 4.79 Å². The number of halogens is 3. The molecule has 4 nitrogen and oxygen atoms in total. The average molecular weight is 373 g/mol. The number of rotatable bonds is 4. The predicted octanol–water partition coefficient (Wildman–Crippen LogP) is 5.10. The number of benzene rings is 2. The first-order chi connectivity index (χ1) is 12.9. The van der Waals surface area contributed by atoms with Gasteiger partial charge in [-0.2, -0.15) is 0 Å². The Labute approximate surface area is 153 Å². The van der Waals surface area contributed by atoms with Crippen LogP contribution >= 0.6 is 0 Å². The Balaban J connectivity index is 2.02. The van der Waals surface area contributed by atoms with E-state index in [1.165, 1.54) is 31.5 Å². The van der Waals surface area contributed by atoms with Gasteiger partial charge < -0.3 is 9.47 Å². The second kappa shape index (κ2) is 7.49. The summed E-state index contributed by atoms with van der Waals surface area (Å²) in [4.78, 5) is 15.9. The number of pyridine rings is 1. The van der Waals surface area contributed by atoms with Crippen molar-refractivity contribution in [2.24, 2.45) is 0 Å². The Morgan fingerprint density at radius 2 is 1.70 bits per heavy atom.